The number of benzene rings is 1. The molecule has 3 N–H and O–H groups in total. The number of carbonyl (C=O) groups excluding carboxylic acids is 1. The van der Waals surface area contributed by atoms with Crippen LogP contribution < -0.4 is 11.1 Å². The first-order valence-corrected chi connectivity index (χ1v) is 7.33. The summed E-state index contributed by atoms with van der Waals surface area (Å²) in [6.45, 7) is 8.37. The first-order valence-electron chi connectivity index (χ1n) is 7.33. The molecule has 5 nitrogen and oxygen atoms in total. The van der Waals surface area contributed by atoms with E-state index in [-0.39, 0.29) is 5.91 Å². The standard InChI is InChI=1S/C16H27N3O2/c1-12(2)19(10-11-21-4)9-8-16(20)18-15-7-5-6-14(17)13(15)3/h5-7,12H,8-11,17H2,1-4H3,(H,18,20). The normalized spacial score (nSPS) is 11.1. The average Bonchev–Trinajstić information content (AvgIpc) is 2.43. The van der Waals surface area contributed by atoms with Crippen molar-refractivity contribution < 1.29 is 9.53 Å². The zero-order chi connectivity index (χ0) is 15.8. The van der Waals surface area contributed by atoms with E-state index < -0.39 is 0 Å². The lowest BCUT2D eigenvalue weighted by Crippen LogP contribution is -2.36. The van der Waals surface area contributed by atoms with Crippen LogP contribution in [0.1, 0.15) is 25.8 Å². The third-order valence-electron chi connectivity index (χ3n) is 3.59. The van der Waals surface area contributed by atoms with E-state index in [1.165, 1.54) is 0 Å². The van der Waals surface area contributed by atoms with Crippen molar-refractivity contribution in [3.8, 4) is 0 Å². The molecule has 0 unspecified atom stereocenters. The van der Waals surface area contributed by atoms with Gasteiger partial charge in [-0.2, -0.15) is 0 Å². The number of amides is 1. The number of nitrogen functional groups attached to an aromatic ring is 1. The lowest BCUT2D eigenvalue weighted by Gasteiger charge is -2.25. The Morgan fingerprint density at radius 1 is 1.38 bits per heavy atom. The summed E-state index contributed by atoms with van der Waals surface area (Å²) in [5.74, 6) is 0.00627. The Morgan fingerprint density at radius 2 is 2.10 bits per heavy atom. The van der Waals surface area contributed by atoms with E-state index in [1.54, 1.807) is 7.11 Å². The fraction of sp³-hybridized carbons (Fsp3) is 0.562. The van der Waals surface area contributed by atoms with Crippen LogP contribution in [0.4, 0.5) is 11.4 Å². The maximum atomic E-state index is 12.1. The maximum Gasteiger partial charge on any atom is 0.225 e. The highest BCUT2D eigenvalue weighted by Crippen LogP contribution is 2.20. The predicted molar refractivity (Wildman–Crippen MR) is 87.4 cm³/mol. The van der Waals surface area contributed by atoms with Crippen molar-refractivity contribution in [2.45, 2.75) is 33.2 Å². The molecule has 1 amide bonds. The Labute approximate surface area is 127 Å². The number of nitrogens with two attached hydrogens (primary N) is 1. The summed E-state index contributed by atoms with van der Waals surface area (Å²) < 4.78 is 5.10. The van der Waals surface area contributed by atoms with Gasteiger partial charge in [0.15, 0.2) is 0 Å². The van der Waals surface area contributed by atoms with Gasteiger partial charge in [-0.25, -0.2) is 0 Å². The maximum absolute atomic E-state index is 12.1. The molecule has 0 aromatic heterocycles. The van der Waals surface area contributed by atoms with E-state index in [1.807, 2.05) is 25.1 Å². The molecule has 0 spiro atoms. The summed E-state index contributed by atoms with van der Waals surface area (Å²) in [5, 5.41) is 2.92. The quantitative estimate of drug-likeness (QED) is 0.722. The summed E-state index contributed by atoms with van der Waals surface area (Å²) in [6.07, 6.45) is 0.454. The highest BCUT2D eigenvalue weighted by atomic mass is 16.5. The third kappa shape index (κ3) is 5.73. The van der Waals surface area contributed by atoms with E-state index in [0.717, 1.165) is 17.8 Å². The molecule has 5 heteroatoms. The van der Waals surface area contributed by atoms with E-state index in [9.17, 15) is 4.79 Å². The van der Waals surface area contributed by atoms with Gasteiger partial charge in [0.25, 0.3) is 0 Å². The highest BCUT2D eigenvalue weighted by Gasteiger charge is 2.12. The van der Waals surface area contributed by atoms with Gasteiger partial charge in [-0.15, -0.1) is 0 Å². The Balaban J connectivity index is 2.51. The number of carbonyl (C=O) groups is 1. The van der Waals surface area contributed by atoms with Gasteiger partial charge < -0.3 is 15.8 Å². The molecule has 0 heterocycles. The minimum absolute atomic E-state index is 0.00627. The Morgan fingerprint density at radius 3 is 2.71 bits per heavy atom. The zero-order valence-electron chi connectivity index (χ0n) is 13.5. The number of nitrogens with one attached hydrogen (secondary N) is 1. The summed E-state index contributed by atoms with van der Waals surface area (Å²) in [7, 11) is 1.69. The lowest BCUT2D eigenvalue weighted by atomic mass is 10.1. The van der Waals surface area contributed by atoms with Gasteiger partial charge in [0.2, 0.25) is 5.91 Å². The summed E-state index contributed by atoms with van der Waals surface area (Å²) in [5.41, 5.74) is 8.22. The molecule has 1 rings (SSSR count). The molecule has 0 saturated heterocycles. The smallest absolute Gasteiger partial charge is 0.225 e. The Hall–Kier alpha value is -1.59. The number of nitrogens with zero attached hydrogens (tertiary/aromatic N) is 1. The second-order valence-electron chi connectivity index (χ2n) is 5.44. The van der Waals surface area contributed by atoms with Gasteiger partial charge in [0, 0.05) is 44.0 Å². The predicted octanol–water partition coefficient (Wildman–Crippen LogP) is 2.26. The molecule has 0 aliphatic carbocycles. The average molecular weight is 293 g/mol. The molecule has 1 aromatic carbocycles. The largest absolute Gasteiger partial charge is 0.398 e. The fourth-order valence-electron chi connectivity index (χ4n) is 2.08. The second-order valence-corrected chi connectivity index (χ2v) is 5.44. The summed E-state index contributed by atoms with van der Waals surface area (Å²) >= 11 is 0. The van der Waals surface area contributed by atoms with Crippen LogP contribution in [0.15, 0.2) is 18.2 Å². The van der Waals surface area contributed by atoms with Gasteiger partial charge in [-0.3, -0.25) is 9.69 Å². The molecule has 118 valence electrons. The monoisotopic (exact) mass is 293 g/mol. The zero-order valence-corrected chi connectivity index (χ0v) is 13.5. The van der Waals surface area contributed by atoms with Gasteiger partial charge in [0.1, 0.15) is 0 Å². The second kappa shape index (κ2) is 8.64. The minimum atomic E-state index is 0.00627. The van der Waals surface area contributed by atoms with Crippen molar-refractivity contribution in [1.29, 1.82) is 0 Å². The van der Waals surface area contributed by atoms with Crippen molar-refractivity contribution in [3.05, 3.63) is 23.8 Å². The molecular formula is C16H27N3O2. The van der Waals surface area contributed by atoms with Gasteiger partial charge in [-0.05, 0) is 38.5 Å². The summed E-state index contributed by atoms with van der Waals surface area (Å²) in [4.78, 5) is 14.3. The number of ether oxygens (including phenoxy) is 1. The summed E-state index contributed by atoms with van der Waals surface area (Å²) in [6, 6.07) is 5.93. The number of anilines is 2. The number of hydrogen-bond acceptors (Lipinski definition) is 4. The van der Waals surface area contributed by atoms with Crippen LogP contribution in [0.5, 0.6) is 0 Å². The molecular weight excluding hydrogens is 266 g/mol. The third-order valence-corrected chi connectivity index (χ3v) is 3.59. The first-order chi connectivity index (χ1) is 9.95. The van der Waals surface area contributed by atoms with Crippen molar-refractivity contribution in [1.82, 2.24) is 4.90 Å². The number of rotatable bonds is 8. The minimum Gasteiger partial charge on any atom is -0.398 e. The molecule has 0 radical (unpaired) electrons. The molecule has 0 aliphatic heterocycles. The Bertz CT molecular complexity index is 461. The van der Waals surface area contributed by atoms with Gasteiger partial charge >= 0.3 is 0 Å². The van der Waals surface area contributed by atoms with Crippen molar-refractivity contribution in [2.24, 2.45) is 0 Å². The molecule has 1 aromatic rings. The fourth-order valence-corrected chi connectivity index (χ4v) is 2.08. The van der Waals surface area contributed by atoms with Crippen LogP contribution in [0, 0.1) is 6.92 Å². The van der Waals surface area contributed by atoms with Crippen LogP contribution in [-0.2, 0) is 9.53 Å². The topological polar surface area (TPSA) is 67.6 Å². The Kier molecular flexibility index (Phi) is 7.19. The van der Waals surface area contributed by atoms with Crippen LogP contribution in [0.3, 0.4) is 0 Å². The number of hydrogen-bond donors (Lipinski definition) is 2. The SMILES string of the molecule is COCCN(CCC(=O)Nc1cccc(N)c1C)C(C)C. The van der Waals surface area contributed by atoms with E-state index in [4.69, 9.17) is 10.5 Å². The first kappa shape index (κ1) is 17.5. The molecule has 21 heavy (non-hydrogen) atoms. The molecule has 0 bridgehead atoms. The highest BCUT2D eigenvalue weighted by molar-refractivity contribution is 5.92. The van der Waals surface area contributed by atoms with Crippen LogP contribution in [0.25, 0.3) is 0 Å². The van der Waals surface area contributed by atoms with Crippen LogP contribution in [0.2, 0.25) is 0 Å². The van der Waals surface area contributed by atoms with Gasteiger partial charge in [-0.1, -0.05) is 6.07 Å². The van der Waals surface area contributed by atoms with E-state index >= 15 is 0 Å². The van der Waals surface area contributed by atoms with Gasteiger partial charge in [0.05, 0.1) is 6.61 Å². The van der Waals surface area contributed by atoms with E-state index in [2.05, 4.69) is 24.1 Å². The van der Waals surface area contributed by atoms with Crippen molar-refractivity contribution >= 4 is 17.3 Å². The number of methoxy groups -OCH3 is 1. The molecule has 0 saturated carbocycles. The lowest BCUT2D eigenvalue weighted by molar-refractivity contribution is -0.116. The van der Waals surface area contributed by atoms with Crippen molar-refractivity contribution in [3.63, 3.8) is 0 Å². The van der Waals surface area contributed by atoms with Crippen LogP contribution >= 0.6 is 0 Å². The molecule has 0 fully saturated rings. The molecule has 0 atom stereocenters. The molecule has 0 aliphatic rings. The van der Waals surface area contributed by atoms with Crippen molar-refractivity contribution in [2.75, 3.05) is 37.9 Å². The van der Waals surface area contributed by atoms with Crippen LogP contribution in [-0.4, -0.2) is 43.7 Å². The van der Waals surface area contributed by atoms with E-state index in [0.29, 0.717) is 31.3 Å².